The average Bonchev–Trinajstić information content (AvgIpc) is 3.14. The molecule has 94 valence electrons. The molecule has 0 spiro atoms. The minimum atomic E-state index is 0.567. The van der Waals surface area contributed by atoms with Crippen molar-refractivity contribution in [3.8, 4) is 0 Å². The van der Waals surface area contributed by atoms with Crippen molar-refractivity contribution < 1.29 is 0 Å². The first-order valence-electron chi connectivity index (χ1n) is 6.76. The molecule has 0 unspecified atom stereocenters. The Bertz CT molecular complexity index is 338. The minimum Gasteiger partial charge on any atom is -0.369 e. The summed E-state index contributed by atoms with van der Waals surface area (Å²) >= 11 is 0. The average molecular weight is 232 g/mol. The normalized spacial score (nSPS) is 15.3. The zero-order valence-electron chi connectivity index (χ0n) is 11.0. The zero-order valence-corrected chi connectivity index (χ0v) is 11.0. The maximum atomic E-state index is 5.63. The van der Waals surface area contributed by atoms with Crippen molar-refractivity contribution >= 4 is 5.69 Å². The summed E-state index contributed by atoms with van der Waals surface area (Å²) in [5, 5.41) is 0. The van der Waals surface area contributed by atoms with E-state index in [-0.39, 0.29) is 0 Å². The molecule has 0 amide bonds. The van der Waals surface area contributed by atoms with Crippen molar-refractivity contribution in [2.24, 2.45) is 11.7 Å². The summed E-state index contributed by atoms with van der Waals surface area (Å²) in [5.41, 5.74) is 8.17. The second kappa shape index (κ2) is 5.54. The largest absolute Gasteiger partial charge is 0.369 e. The van der Waals surface area contributed by atoms with Crippen molar-refractivity contribution in [2.45, 2.75) is 45.7 Å². The van der Waals surface area contributed by atoms with Gasteiger partial charge in [-0.1, -0.05) is 25.0 Å². The van der Waals surface area contributed by atoms with Crippen LogP contribution in [0.2, 0.25) is 0 Å². The highest BCUT2D eigenvalue weighted by atomic mass is 15.1. The van der Waals surface area contributed by atoms with E-state index in [1.165, 1.54) is 37.1 Å². The van der Waals surface area contributed by atoms with Gasteiger partial charge in [-0.15, -0.1) is 0 Å². The Labute approximate surface area is 105 Å². The van der Waals surface area contributed by atoms with Gasteiger partial charge in [0.05, 0.1) is 0 Å². The third kappa shape index (κ3) is 3.47. The smallest absolute Gasteiger partial charge is 0.0368 e. The maximum Gasteiger partial charge on any atom is 0.0368 e. The fraction of sp³-hybridized carbons (Fsp3) is 0.600. The lowest BCUT2D eigenvalue weighted by Crippen LogP contribution is -2.31. The molecule has 17 heavy (non-hydrogen) atoms. The lowest BCUT2D eigenvalue weighted by molar-refractivity contribution is 0.623. The quantitative estimate of drug-likeness (QED) is 0.816. The third-order valence-electron chi connectivity index (χ3n) is 3.60. The second-order valence-corrected chi connectivity index (χ2v) is 5.39. The van der Waals surface area contributed by atoms with Gasteiger partial charge in [-0.05, 0) is 43.9 Å². The molecular weight excluding hydrogens is 208 g/mol. The van der Waals surface area contributed by atoms with Crippen molar-refractivity contribution in [1.29, 1.82) is 0 Å². The number of benzene rings is 1. The van der Waals surface area contributed by atoms with Crippen LogP contribution in [0.15, 0.2) is 24.3 Å². The molecule has 1 fully saturated rings. The number of nitrogens with zero attached hydrogens (tertiary/aromatic N) is 1. The van der Waals surface area contributed by atoms with Gasteiger partial charge in [-0.25, -0.2) is 0 Å². The first-order chi connectivity index (χ1) is 8.20. The summed E-state index contributed by atoms with van der Waals surface area (Å²) in [7, 11) is 0. The van der Waals surface area contributed by atoms with E-state index >= 15 is 0 Å². The van der Waals surface area contributed by atoms with Gasteiger partial charge in [-0.3, -0.25) is 0 Å². The minimum absolute atomic E-state index is 0.567. The summed E-state index contributed by atoms with van der Waals surface area (Å²) in [6, 6.07) is 9.26. The van der Waals surface area contributed by atoms with Crippen LogP contribution in [-0.2, 0) is 6.54 Å². The molecule has 1 aliphatic carbocycles. The van der Waals surface area contributed by atoms with E-state index in [2.05, 4.69) is 43.0 Å². The van der Waals surface area contributed by atoms with Gasteiger partial charge in [0.2, 0.25) is 0 Å². The number of nitrogens with two attached hydrogens (primary N) is 1. The highest BCUT2D eigenvalue weighted by Crippen LogP contribution is 2.33. The van der Waals surface area contributed by atoms with E-state index in [9.17, 15) is 0 Å². The van der Waals surface area contributed by atoms with Crippen LogP contribution < -0.4 is 10.6 Å². The van der Waals surface area contributed by atoms with E-state index in [0.29, 0.717) is 12.6 Å². The highest BCUT2D eigenvalue weighted by Gasteiger charge is 2.22. The molecule has 2 nitrogen and oxygen atoms in total. The summed E-state index contributed by atoms with van der Waals surface area (Å²) < 4.78 is 0. The van der Waals surface area contributed by atoms with E-state index in [1.807, 2.05) is 0 Å². The summed E-state index contributed by atoms with van der Waals surface area (Å²) in [5.74, 6) is 1.000. The van der Waals surface area contributed by atoms with E-state index in [4.69, 9.17) is 5.73 Å². The van der Waals surface area contributed by atoms with Gasteiger partial charge < -0.3 is 10.6 Å². The topological polar surface area (TPSA) is 29.3 Å². The lowest BCUT2D eigenvalue weighted by Gasteiger charge is -2.29. The Morgan fingerprint density at radius 3 is 2.35 bits per heavy atom. The molecule has 2 N–H and O–H groups in total. The SMILES string of the molecule is CC(C)N(CCC1CC1)c1ccc(CN)cc1. The first kappa shape index (κ1) is 12.4. The van der Waals surface area contributed by atoms with Crippen LogP contribution >= 0.6 is 0 Å². The summed E-state index contributed by atoms with van der Waals surface area (Å²) in [4.78, 5) is 2.50. The van der Waals surface area contributed by atoms with Crippen LogP contribution in [0.4, 0.5) is 5.69 Å². The van der Waals surface area contributed by atoms with Crippen LogP contribution in [-0.4, -0.2) is 12.6 Å². The lowest BCUT2D eigenvalue weighted by atomic mass is 10.1. The fourth-order valence-electron chi connectivity index (χ4n) is 2.24. The van der Waals surface area contributed by atoms with Crippen LogP contribution in [0, 0.1) is 5.92 Å². The Morgan fingerprint density at radius 1 is 1.24 bits per heavy atom. The van der Waals surface area contributed by atoms with Crippen molar-refractivity contribution in [3.05, 3.63) is 29.8 Å². The molecule has 1 saturated carbocycles. The van der Waals surface area contributed by atoms with Gasteiger partial charge in [0.15, 0.2) is 0 Å². The Morgan fingerprint density at radius 2 is 1.88 bits per heavy atom. The Hall–Kier alpha value is -1.02. The predicted molar refractivity (Wildman–Crippen MR) is 74.2 cm³/mol. The number of anilines is 1. The molecule has 0 bridgehead atoms. The van der Waals surface area contributed by atoms with Gasteiger partial charge >= 0.3 is 0 Å². The zero-order chi connectivity index (χ0) is 12.3. The number of rotatable bonds is 6. The molecule has 2 rings (SSSR count). The van der Waals surface area contributed by atoms with Gasteiger partial charge in [0, 0.05) is 24.8 Å². The van der Waals surface area contributed by atoms with Crippen LogP contribution in [0.1, 0.15) is 38.7 Å². The van der Waals surface area contributed by atoms with Gasteiger partial charge in [-0.2, -0.15) is 0 Å². The molecule has 1 aromatic carbocycles. The van der Waals surface area contributed by atoms with Crippen LogP contribution in [0.25, 0.3) is 0 Å². The molecule has 1 aromatic rings. The fourth-order valence-corrected chi connectivity index (χ4v) is 2.24. The van der Waals surface area contributed by atoms with E-state index < -0.39 is 0 Å². The standard InChI is InChI=1S/C15H24N2/c1-12(2)17(10-9-13-3-4-13)15-7-5-14(11-16)6-8-15/h5-8,12-13H,3-4,9-11,16H2,1-2H3. The molecule has 0 heterocycles. The second-order valence-electron chi connectivity index (χ2n) is 5.39. The van der Waals surface area contributed by atoms with Crippen LogP contribution in [0.5, 0.6) is 0 Å². The van der Waals surface area contributed by atoms with Crippen molar-refractivity contribution in [2.75, 3.05) is 11.4 Å². The molecule has 0 atom stereocenters. The van der Waals surface area contributed by atoms with Crippen molar-refractivity contribution in [1.82, 2.24) is 0 Å². The molecular formula is C15H24N2. The monoisotopic (exact) mass is 232 g/mol. The number of hydrogen-bond donors (Lipinski definition) is 1. The van der Waals surface area contributed by atoms with Gasteiger partial charge in [0.1, 0.15) is 0 Å². The Balaban J connectivity index is 2.01. The van der Waals surface area contributed by atoms with Crippen molar-refractivity contribution in [3.63, 3.8) is 0 Å². The summed E-state index contributed by atoms with van der Waals surface area (Å²) in [6.07, 6.45) is 4.23. The van der Waals surface area contributed by atoms with Gasteiger partial charge in [0.25, 0.3) is 0 Å². The summed E-state index contributed by atoms with van der Waals surface area (Å²) in [6.45, 7) is 6.35. The highest BCUT2D eigenvalue weighted by molar-refractivity contribution is 5.48. The maximum absolute atomic E-state index is 5.63. The first-order valence-corrected chi connectivity index (χ1v) is 6.76. The molecule has 0 aliphatic heterocycles. The van der Waals surface area contributed by atoms with Crippen LogP contribution in [0.3, 0.4) is 0 Å². The Kier molecular flexibility index (Phi) is 4.06. The molecule has 2 heteroatoms. The number of hydrogen-bond acceptors (Lipinski definition) is 2. The third-order valence-corrected chi connectivity index (χ3v) is 3.60. The molecule has 1 aliphatic rings. The molecule has 0 aromatic heterocycles. The molecule has 0 radical (unpaired) electrons. The predicted octanol–water partition coefficient (Wildman–Crippen LogP) is 3.16. The molecule has 0 saturated heterocycles. The van der Waals surface area contributed by atoms with E-state index in [0.717, 1.165) is 5.92 Å². The van der Waals surface area contributed by atoms with E-state index in [1.54, 1.807) is 0 Å².